The van der Waals surface area contributed by atoms with Crippen LogP contribution in [0.2, 0.25) is 0 Å². The minimum atomic E-state index is -0.0232. The maximum absolute atomic E-state index is 12.5. The summed E-state index contributed by atoms with van der Waals surface area (Å²) in [6.45, 7) is 1.30. The topological polar surface area (TPSA) is 50.8 Å². The molecule has 0 bridgehead atoms. The van der Waals surface area contributed by atoms with Crippen molar-refractivity contribution in [3.05, 3.63) is 54.1 Å². The summed E-state index contributed by atoms with van der Waals surface area (Å²) in [5, 5.41) is 2.95. The maximum Gasteiger partial charge on any atom is 0.238 e. The van der Waals surface area contributed by atoms with E-state index in [1.807, 2.05) is 36.4 Å². The Morgan fingerprint density at radius 3 is 2.60 bits per heavy atom. The Labute approximate surface area is 148 Å². The van der Waals surface area contributed by atoms with Crippen molar-refractivity contribution in [2.24, 2.45) is 0 Å². The molecule has 0 spiro atoms. The fourth-order valence-electron chi connectivity index (χ4n) is 3.34. The second-order valence-electron chi connectivity index (χ2n) is 6.15. The zero-order valence-electron chi connectivity index (χ0n) is 14.7. The number of hydrogen-bond donors (Lipinski definition) is 1. The fourth-order valence-corrected chi connectivity index (χ4v) is 3.34. The van der Waals surface area contributed by atoms with Gasteiger partial charge in [-0.05, 0) is 49.2 Å². The van der Waals surface area contributed by atoms with E-state index in [0.29, 0.717) is 18.0 Å². The molecule has 1 amide bonds. The number of rotatable bonds is 6. The van der Waals surface area contributed by atoms with Crippen molar-refractivity contribution in [2.75, 3.05) is 32.6 Å². The van der Waals surface area contributed by atoms with Gasteiger partial charge in [0.05, 0.1) is 26.5 Å². The maximum atomic E-state index is 12.5. The van der Waals surface area contributed by atoms with Crippen LogP contribution >= 0.6 is 0 Å². The Balaban J connectivity index is 1.65. The van der Waals surface area contributed by atoms with Crippen molar-refractivity contribution in [1.29, 1.82) is 0 Å². The smallest absolute Gasteiger partial charge is 0.238 e. The van der Waals surface area contributed by atoms with E-state index < -0.39 is 0 Å². The number of nitrogens with zero attached hydrogens (tertiary/aromatic N) is 1. The number of anilines is 1. The standard InChI is InChI=1S/C20H24N2O3/c1-24-16-11-9-15(10-12-16)18-7-5-13-22(18)14-20(23)21-17-6-3-4-8-19(17)25-2/h3-4,6,8-12,18H,5,7,13-14H2,1-2H3,(H,21,23). The molecule has 0 aromatic heterocycles. The number of para-hydroxylation sites is 2. The number of methoxy groups -OCH3 is 2. The highest BCUT2D eigenvalue weighted by molar-refractivity contribution is 5.93. The van der Waals surface area contributed by atoms with Crippen molar-refractivity contribution in [3.63, 3.8) is 0 Å². The molecule has 1 unspecified atom stereocenters. The molecule has 1 aliphatic heterocycles. The number of hydrogen-bond acceptors (Lipinski definition) is 4. The molecule has 1 heterocycles. The molecule has 132 valence electrons. The zero-order chi connectivity index (χ0) is 17.6. The van der Waals surface area contributed by atoms with Crippen LogP contribution in [0.5, 0.6) is 11.5 Å². The quantitative estimate of drug-likeness (QED) is 0.875. The summed E-state index contributed by atoms with van der Waals surface area (Å²) in [6, 6.07) is 15.8. The number of ether oxygens (including phenoxy) is 2. The molecule has 25 heavy (non-hydrogen) atoms. The highest BCUT2D eigenvalue weighted by atomic mass is 16.5. The summed E-state index contributed by atoms with van der Waals surface area (Å²) in [4.78, 5) is 14.7. The van der Waals surface area contributed by atoms with Crippen molar-refractivity contribution < 1.29 is 14.3 Å². The molecule has 0 aliphatic carbocycles. The predicted octanol–water partition coefficient (Wildman–Crippen LogP) is 3.48. The zero-order valence-corrected chi connectivity index (χ0v) is 14.7. The van der Waals surface area contributed by atoms with Gasteiger partial charge in [-0.15, -0.1) is 0 Å². The van der Waals surface area contributed by atoms with Crippen LogP contribution in [-0.4, -0.2) is 38.1 Å². The molecule has 1 N–H and O–H groups in total. The Bertz CT molecular complexity index is 715. The third kappa shape index (κ3) is 4.12. The lowest BCUT2D eigenvalue weighted by Gasteiger charge is -2.24. The first-order chi connectivity index (χ1) is 12.2. The molecule has 0 radical (unpaired) electrons. The van der Waals surface area contributed by atoms with E-state index in [2.05, 4.69) is 22.3 Å². The van der Waals surface area contributed by atoms with Crippen LogP contribution in [0.25, 0.3) is 0 Å². The van der Waals surface area contributed by atoms with Crippen molar-refractivity contribution in [1.82, 2.24) is 4.90 Å². The Hall–Kier alpha value is -2.53. The lowest BCUT2D eigenvalue weighted by Crippen LogP contribution is -2.33. The SMILES string of the molecule is COc1ccc(C2CCCN2CC(=O)Nc2ccccc2OC)cc1. The molecule has 1 fully saturated rings. The lowest BCUT2D eigenvalue weighted by atomic mass is 10.0. The van der Waals surface area contributed by atoms with Crippen LogP contribution in [0.1, 0.15) is 24.4 Å². The molecule has 2 aromatic rings. The van der Waals surface area contributed by atoms with Crippen LogP contribution in [0.15, 0.2) is 48.5 Å². The normalized spacial score (nSPS) is 17.3. The summed E-state index contributed by atoms with van der Waals surface area (Å²) < 4.78 is 10.5. The molecule has 1 aliphatic rings. The second kappa shape index (κ2) is 8.03. The van der Waals surface area contributed by atoms with E-state index in [-0.39, 0.29) is 11.9 Å². The third-order valence-electron chi connectivity index (χ3n) is 4.59. The number of carbonyl (C=O) groups excluding carboxylic acids is 1. The molecule has 5 heteroatoms. The molecular formula is C20H24N2O3. The molecular weight excluding hydrogens is 316 g/mol. The van der Waals surface area contributed by atoms with Gasteiger partial charge in [0.25, 0.3) is 0 Å². The number of carbonyl (C=O) groups is 1. The van der Waals surface area contributed by atoms with Crippen LogP contribution in [0.3, 0.4) is 0 Å². The van der Waals surface area contributed by atoms with Crippen molar-refractivity contribution in [2.45, 2.75) is 18.9 Å². The van der Waals surface area contributed by atoms with Gasteiger partial charge in [-0.2, -0.15) is 0 Å². The molecule has 5 nitrogen and oxygen atoms in total. The van der Waals surface area contributed by atoms with Crippen molar-refractivity contribution >= 4 is 11.6 Å². The summed E-state index contributed by atoms with van der Waals surface area (Å²) in [7, 11) is 3.27. The number of likely N-dealkylation sites (tertiary alicyclic amines) is 1. The Morgan fingerprint density at radius 2 is 1.88 bits per heavy atom. The summed E-state index contributed by atoms with van der Waals surface area (Å²) in [6.07, 6.45) is 2.16. The van der Waals surface area contributed by atoms with E-state index in [0.717, 1.165) is 25.1 Å². The van der Waals surface area contributed by atoms with Crippen molar-refractivity contribution in [3.8, 4) is 11.5 Å². The van der Waals surface area contributed by atoms with E-state index in [1.165, 1.54) is 5.56 Å². The van der Waals surface area contributed by atoms with Gasteiger partial charge in [0.15, 0.2) is 0 Å². The molecule has 3 rings (SSSR count). The Morgan fingerprint density at radius 1 is 1.12 bits per heavy atom. The summed E-state index contributed by atoms with van der Waals surface area (Å²) in [5.74, 6) is 1.50. The highest BCUT2D eigenvalue weighted by Gasteiger charge is 2.27. The van der Waals surface area contributed by atoms with E-state index in [1.54, 1.807) is 14.2 Å². The third-order valence-corrected chi connectivity index (χ3v) is 4.59. The average molecular weight is 340 g/mol. The predicted molar refractivity (Wildman–Crippen MR) is 98.2 cm³/mol. The van der Waals surface area contributed by atoms with E-state index in [4.69, 9.17) is 9.47 Å². The highest BCUT2D eigenvalue weighted by Crippen LogP contribution is 2.32. The first-order valence-corrected chi connectivity index (χ1v) is 8.52. The van der Waals surface area contributed by atoms with Gasteiger partial charge < -0.3 is 14.8 Å². The molecule has 0 saturated carbocycles. The Kier molecular flexibility index (Phi) is 5.56. The largest absolute Gasteiger partial charge is 0.497 e. The van der Waals surface area contributed by atoms with Gasteiger partial charge in [-0.3, -0.25) is 9.69 Å². The number of benzene rings is 2. The summed E-state index contributed by atoms with van der Waals surface area (Å²) >= 11 is 0. The van der Waals surface area contributed by atoms with E-state index in [9.17, 15) is 4.79 Å². The monoisotopic (exact) mass is 340 g/mol. The first-order valence-electron chi connectivity index (χ1n) is 8.52. The average Bonchev–Trinajstić information content (AvgIpc) is 3.10. The summed E-state index contributed by atoms with van der Waals surface area (Å²) in [5.41, 5.74) is 1.93. The van der Waals surface area contributed by atoms with Gasteiger partial charge in [0.1, 0.15) is 11.5 Å². The molecule has 1 atom stereocenters. The van der Waals surface area contributed by atoms with Crippen LogP contribution in [0.4, 0.5) is 5.69 Å². The van der Waals surface area contributed by atoms with Crippen LogP contribution in [0, 0.1) is 0 Å². The van der Waals surface area contributed by atoms with Crippen LogP contribution < -0.4 is 14.8 Å². The van der Waals surface area contributed by atoms with Gasteiger partial charge in [-0.25, -0.2) is 0 Å². The van der Waals surface area contributed by atoms with Gasteiger partial charge in [0, 0.05) is 6.04 Å². The number of nitrogens with one attached hydrogen (secondary N) is 1. The second-order valence-corrected chi connectivity index (χ2v) is 6.15. The van der Waals surface area contributed by atoms with Gasteiger partial charge >= 0.3 is 0 Å². The minimum Gasteiger partial charge on any atom is -0.497 e. The van der Waals surface area contributed by atoms with Gasteiger partial charge in [-0.1, -0.05) is 24.3 Å². The lowest BCUT2D eigenvalue weighted by molar-refractivity contribution is -0.117. The molecule has 2 aromatic carbocycles. The first kappa shape index (κ1) is 17.3. The van der Waals surface area contributed by atoms with E-state index >= 15 is 0 Å². The van der Waals surface area contributed by atoms with Crippen LogP contribution in [-0.2, 0) is 4.79 Å². The van der Waals surface area contributed by atoms with Gasteiger partial charge in [0.2, 0.25) is 5.91 Å². The fraction of sp³-hybridized carbons (Fsp3) is 0.350. The molecule has 1 saturated heterocycles. The minimum absolute atomic E-state index is 0.0232. The number of amides is 1.